The molecule has 0 saturated heterocycles. The maximum absolute atomic E-state index is 11.8. The Morgan fingerprint density at radius 2 is 1.88 bits per heavy atom. The summed E-state index contributed by atoms with van der Waals surface area (Å²) in [5.41, 5.74) is 6.05. The maximum atomic E-state index is 11.8. The fraction of sp³-hybridized carbons (Fsp3) is 0.200. The van der Waals surface area contributed by atoms with Gasteiger partial charge in [0.2, 0.25) is 0 Å². The molecule has 86 valence electrons. The Balaban J connectivity index is 0.00000128. The fourth-order valence-corrected chi connectivity index (χ4v) is 1.73. The number of imidazole rings is 1. The Hall–Kier alpha value is -1.75. The van der Waals surface area contributed by atoms with Gasteiger partial charge < -0.3 is 5.73 Å². The van der Waals surface area contributed by atoms with E-state index in [1.54, 1.807) is 18.2 Å². The lowest BCUT2D eigenvalue weighted by atomic mass is 10.3. The molecule has 0 aliphatic carbocycles. The molecule has 1 aromatic heterocycles. The van der Waals surface area contributed by atoms with Gasteiger partial charge in [0.25, 0.3) is 0 Å². The normalized spacial score (nSPS) is 10.1. The number of nitrogens with two attached hydrogens (primary N) is 1. The van der Waals surface area contributed by atoms with Gasteiger partial charge in [0.05, 0.1) is 11.0 Å². The smallest absolute Gasteiger partial charge is 0.337 e. The maximum Gasteiger partial charge on any atom is 0.337 e. The Labute approximate surface area is 97.9 Å². The first-order valence-electron chi connectivity index (χ1n) is 4.67. The Morgan fingerprint density at radius 1 is 1.31 bits per heavy atom. The number of carbonyl (C=O) groups excluding carboxylic acids is 1. The zero-order valence-corrected chi connectivity index (χ0v) is 9.53. The average molecular weight is 242 g/mol. The van der Waals surface area contributed by atoms with Gasteiger partial charge in [-0.1, -0.05) is 12.1 Å². The topological polar surface area (TPSA) is 70.0 Å². The van der Waals surface area contributed by atoms with Crippen molar-refractivity contribution in [3.05, 3.63) is 34.7 Å². The van der Waals surface area contributed by atoms with E-state index in [9.17, 15) is 9.59 Å². The fourth-order valence-electron chi connectivity index (χ4n) is 1.73. The van der Waals surface area contributed by atoms with E-state index in [2.05, 4.69) is 0 Å². The van der Waals surface area contributed by atoms with Crippen molar-refractivity contribution in [1.82, 2.24) is 9.13 Å². The van der Waals surface area contributed by atoms with Gasteiger partial charge >= 0.3 is 11.7 Å². The number of rotatable bonds is 1. The van der Waals surface area contributed by atoms with Crippen molar-refractivity contribution in [2.24, 2.45) is 5.73 Å². The molecular weight excluding hydrogens is 230 g/mol. The zero-order valence-electron chi connectivity index (χ0n) is 8.71. The molecule has 0 unspecified atom stereocenters. The number of amides is 1. The molecule has 0 bridgehead atoms. The molecule has 1 heterocycles. The molecule has 2 N–H and O–H groups in total. The molecule has 2 aromatic rings. The zero-order chi connectivity index (χ0) is 11.0. The summed E-state index contributed by atoms with van der Waals surface area (Å²) >= 11 is 0. The van der Waals surface area contributed by atoms with Gasteiger partial charge in [-0.15, -0.1) is 12.4 Å². The molecule has 1 aromatic carbocycles. The molecule has 0 radical (unpaired) electrons. The van der Waals surface area contributed by atoms with Gasteiger partial charge in [-0.3, -0.25) is 4.57 Å². The molecule has 6 heteroatoms. The van der Waals surface area contributed by atoms with Crippen LogP contribution in [0.3, 0.4) is 0 Å². The van der Waals surface area contributed by atoms with Gasteiger partial charge in [-0.05, 0) is 19.1 Å². The minimum absolute atomic E-state index is 0. The molecule has 16 heavy (non-hydrogen) atoms. The molecule has 2 rings (SSSR count). The highest BCUT2D eigenvalue weighted by molar-refractivity contribution is 5.88. The largest absolute Gasteiger partial charge is 0.351 e. The molecule has 0 spiro atoms. The van der Waals surface area contributed by atoms with Crippen molar-refractivity contribution in [3.8, 4) is 0 Å². The molecule has 0 fully saturated rings. The number of halogens is 1. The molecule has 0 aliphatic rings. The molecule has 1 amide bonds. The third kappa shape index (κ3) is 1.59. The first-order chi connectivity index (χ1) is 7.16. The highest BCUT2D eigenvalue weighted by Gasteiger charge is 2.14. The lowest BCUT2D eigenvalue weighted by Gasteiger charge is -1.95. The van der Waals surface area contributed by atoms with Gasteiger partial charge in [0, 0.05) is 6.54 Å². The second-order valence-corrected chi connectivity index (χ2v) is 3.19. The third-order valence-corrected chi connectivity index (χ3v) is 2.37. The number of fused-ring (bicyclic) bond motifs is 1. The van der Waals surface area contributed by atoms with Gasteiger partial charge in [-0.25, -0.2) is 14.2 Å². The van der Waals surface area contributed by atoms with E-state index in [0.29, 0.717) is 12.1 Å². The van der Waals surface area contributed by atoms with Gasteiger partial charge in [0.1, 0.15) is 0 Å². The highest BCUT2D eigenvalue weighted by atomic mass is 35.5. The highest BCUT2D eigenvalue weighted by Crippen LogP contribution is 2.11. The number of benzene rings is 1. The van der Waals surface area contributed by atoms with Crippen LogP contribution in [0.5, 0.6) is 0 Å². The van der Waals surface area contributed by atoms with Crippen molar-refractivity contribution < 1.29 is 4.79 Å². The number of para-hydroxylation sites is 2. The Bertz CT molecular complexity index is 585. The summed E-state index contributed by atoms with van der Waals surface area (Å²) in [5.74, 6) is 0. The number of hydrogen-bond acceptors (Lipinski definition) is 2. The first kappa shape index (κ1) is 12.3. The van der Waals surface area contributed by atoms with Crippen molar-refractivity contribution >= 4 is 29.5 Å². The molecule has 0 atom stereocenters. The summed E-state index contributed by atoms with van der Waals surface area (Å²) in [4.78, 5) is 22.9. The van der Waals surface area contributed by atoms with Crippen LogP contribution in [0, 0.1) is 0 Å². The number of aryl methyl sites for hydroxylation is 1. The predicted molar refractivity (Wildman–Crippen MR) is 64.1 cm³/mol. The van der Waals surface area contributed by atoms with E-state index < -0.39 is 6.03 Å². The van der Waals surface area contributed by atoms with Gasteiger partial charge in [0.15, 0.2) is 0 Å². The quantitative estimate of drug-likeness (QED) is 0.814. The van der Waals surface area contributed by atoms with E-state index in [0.717, 1.165) is 10.1 Å². The standard InChI is InChI=1S/C10H11N3O2.ClH/c1-2-12-7-5-3-4-6-8(7)13(9(11)14)10(12)15;/h3-6H,2H2,1H3,(H2,11,14);1H. The minimum Gasteiger partial charge on any atom is -0.351 e. The predicted octanol–water partition coefficient (Wildman–Crippen LogP) is 1.17. The van der Waals surface area contributed by atoms with Crippen LogP contribution in [-0.4, -0.2) is 15.2 Å². The Morgan fingerprint density at radius 3 is 2.38 bits per heavy atom. The molecule has 0 aliphatic heterocycles. The van der Waals surface area contributed by atoms with E-state index in [1.807, 2.05) is 13.0 Å². The van der Waals surface area contributed by atoms with Crippen LogP contribution in [0.2, 0.25) is 0 Å². The van der Waals surface area contributed by atoms with Crippen molar-refractivity contribution in [2.75, 3.05) is 0 Å². The monoisotopic (exact) mass is 241 g/mol. The van der Waals surface area contributed by atoms with E-state index in [-0.39, 0.29) is 18.1 Å². The van der Waals surface area contributed by atoms with Crippen LogP contribution in [0.15, 0.2) is 29.1 Å². The summed E-state index contributed by atoms with van der Waals surface area (Å²) in [7, 11) is 0. The Kier molecular flexibility index (Phi) is 3.39. The number of primary amides is 1. The molecular formula is C10H12ClN3O2. The van der Waals surface area contributed by atoms with Crippen molar-refractivity contribution in [3.63, 3.8) is 0 Å². The van der Waals surface area contributed by atoms with Crippen LogP contribution in [0.25, 0.3) is 11.0 Å². The van der Waals surface area contributed by atoms with Crippen molar-refractivity contribution in [2.45, 2.75) is 13.5 Å². The number of carbonyl (C=O) groups is 1. The van der Waals surface area contributed by atoms with Crippen LogP contribution < -0.4 is 11.4 Å². The summed E-state index contributed by atoms with van der Waals surface area (Å²) in [6.07, 6.45) is 0. The number of nitrogens with zero attached hydrogens (tertiary/aromatic N) is 2. The van der Waals surface area contributed by atoms with E-state index in [1.165, 1.54) is 4.57 Å². The second kappa shape index (κ2) is 4.40. The SMILES string of the molecule is CCn1c(=O)n(C(N)=O)c2ccccc21.Cl. The third-order valence-electron chi connectivity index (χ3n) is 2.37. The van der Waals surface area contributed by atoms with E-state index >= 15 is 0 Å². The lowest BCUT2D eigenvalue weighted by Crippen LogP contribution is -2.32. The number of aromatic nitrogens is 2. The lowest BCUT2D eigenvalue weighted by molar-refractivity contribution is 0.250. The molecule has 5 nitrogen and oxygen atoms in total. The summed E-state index contributed by atoms with van der Waals surface area (Å²) in [6, 6.07) is 6.33. The first-order valence-corrected chi connectivity index (χ1v) is 4.67. The van der Waals surface area contributed by atoms with Crippen LogP contribution in [-0.2, 0) is 6.54 Å². The minimum atomic E-state index is -0.747. The second-order valence-electron chi connectivity index (χ2n) is 3.19. The summed E-state index contributed by atoms with van der Waals surface area (Å²) in [6.45, 7) is 2.36. The van der Waals surface area contributed by atoms with Crippen molar-refractivity contribution in [1.29, 1.82) is 0 Å². The van der Waals surface area contributed by atoms with Gasteiger partial charge in [-0.2, -0.15) is 0 Å². The summed E-state index contributed by atoms with van der Waals surface area (Å²) in [5, 5.41) is 0. The summed E-state index contributed by atoms with van der Waals surface area (Å²) < 4.78 is 2.50. The van der Waals surface area contributed by atoms with Crippen LogP contribution >= 0.6 is 12.4 Å². The molecule has 0 saturated carbocycles. The van der Waals surface area contributed by atoms with E-state index in [4.69, 9.17) is 5.73 Å². The average Bonchev–Trinajstić information content (AvgIpc) is 2.49. The number of hydrogen-bond donors (Lipinski definition) is 1. The van der Waals surface area contributed by atoms with Crippen LogP contribution in [0.1, 0.15) is 6.92 Å². The van der Waals surface area contributed by atoms with Crippen LogP contribution in [0.4, 0.5) is 4.79 Å².